The van der Waals surface area contributed by atoms with Gasteiger partial charge in [-0.2, -0.15) is 0 Å². The molecule has 0 fully saturated rings. The van der Waals surface area contributed by atoms with Crippen molar-refractivity contribution in [2.75, 3.05) is 14.1 Å². The van der Waals surface area contributed by atoms with Crippen molar-refractivity contribution in [3.8, 4) is 0 Å². The van der Waals surface area contributed by atoms with Gasteiger partial charge in [-0.15, -0.1) is 0 Å². The van der Waals surface area contributed by atoms with Crippen molar-refractivity contribution in [3.63, 3.8) is 0 Å². The van der Waals surface area contributed by atoms with E-state index >= 15 is 0 Å². The first-order valence-electron chi connectivity index (χ1n) is 2.73. The standard InChI is InChI=1S/C3H6N2O2.C2H7N/c1-3(7)5-4-2-6;1-3-2/h2H,1H3,(H,4,6)(H,5,7);3H,1-2H3. The Labute approximate surface area is 60.1 Å². The van der Waals surface area contributed by atoms with Crippen LogP contribution in [-0.2, 0) is 9.59 Å². The Bertz CT molecular complexity index is 94.9. The second-order valence-electron chi connectivity index (χ2n) is 1.44. The summed E-state index contributed by atoms with van der Waals surface area (Å²) in [7, 11) is 3.75. The van der Waals surface area contributed by atoms with E-state index in [1.807, 2.05) is 24.9 Å². The third-order valence-corrected chi connectivity index (χ3v) is 0.307. The molecule has 10 heavy (non-hydrogen) atoms. The maximum absolute atomic E-state index is 9.87. The molecule has 0 aromatic carbocycles. The van der Waals surface area contributed by atoms with Crippen LogP contribution in [0, 0.1) is 0 Å². The number of hydrazine groups is 1. The van der Waals surface area contributed by atoms with Crippen molar-refractivity contribution in [2.45, 2.75) is 6.92 Å². The average Bonchev–Trinajstić information content (AvgIpc) is 1.85. The van der Waals surface area contributed by atoms with Crippen LogP contribution in [0.2, 0.25) is 0 Å². The lowest BCUT2D eigenvalue weighted by atomic mass is 10.8. The van der Waals surface area contributed by atoms with Gasteiger partial charge in [0.2, 0.25) is 12.3 Å². The molecule has 0 atom stereocenters. The fourth-order valence-electron chi connectivity index (χ4n) is 0.131. The van der Waals surface area contributed by atoms with Gasteiger partial charge in [0.1, 0.15) is 0 Å². The SMILES string of the molecule is CC(=O)NNC=O.CNC. The van der Waals surface area contributed by atoms with Crippen molar-refractivity contribution in [3.05, 3.63) is 0 Å². The fourth-order valence-corrected chi connectivity index (χ4v) is 0.131. The van der Waals surface area contributed by atoms with Crippen LogP contribution in [0.15, 0.2) is 0 Å². The molecule has 0 heterocycles. The van der Waals surface area contributed by atoms with Crippen molar-refractivity contribution in [1.82, 2.24) is 16.2 Å². The Balaban J connectivity index is 0. The number of carbonyl (C=O) groups excluding carboxylic acids is 2. The highest BCUT2D eigenvalue weighted by Gasteiger charge is 1.80. The molecule has 0 unspecified atom stereocenters. The molecule has 0 saturated carbocycles. The minimum absolute atomic E-state index is 0.285. The Morgan fingerprint density at radius 2 is 1.80 bits per heavy atom. The molecule has 0 bridgehead atoms. The summed E-state index contributed by atoms with van der Waals surface area (Å²) in [5.41, 5.74) is 4.01. The number of amides is 2. The van der Waals surface area contributed by atoms with Crippen LogP contribution in [0.3, 0.4) is 0 Å². The molecule has 5 nitrogen and oxygen atoms in total. The summed E-state index contributed by atoms with van der Waals surface area (Å²) in [5, 5.41) is 2.75. The second kappa shape index (κ2) is 10.8. The highest BCUT2D eigenvalue weighted by molar-refractivity contribution is 5.73. The van der Waals surface area contributed by atoms with E-state index in [2.05, 4.69) is 5.32 Å². The van der Waals surface area contributed by atoms with Crippen molar-refractivity contribution < 1.29 is 9.59 Å². The predicted molar refractivity (Wildman–Crippen MR) is 38.0 cm³/mol. The van der Waals surface area contributed by atoms with Gasteiger partial charge < -0.3 is 5.32 Å². The maximum Gasteiger partial charge on any atom is 0.235 e. The van der Waals surface area contributed by atoms with E-state index in [0.29, 0.717) is 6.41 Å². The predicted octanol–water partition coefficient (Wildman–Crippen LogP) is -1.38. The Morgan fingerprint density at radius 3 is 1.90 bits per heavy atom. The molecule has 0 aliphatic heterocycles. The molecular formula is C5H13N3O2. The smallest absolute Gasteiger partial charge is 0.235 e. The molecule has 0 aliphatic carbocycles. The molecule has 60 valence electrons. The molecule has 0 aliphatic rings. The van der Waals surface area contributed by atoms with Gasteiger partial charge in [-0.05, 0) is 14.1 Å². The van der Waals surface area contributed by atoms with Crippen molar-refractivity contribution in [1.29, 1.82) is 0 Å². The average molecular weight is 147 g/mol. The zero-order chi connectivity index (χ0) is 8.41. The monoisotopic (exact) mass is 147 g/mol. The van der Waals surface area contributed by atoms with E-state index in [1.54, 1.807) is 0 Å². The van der Waals surface area contributed by atoms with Gasteiger partial charge >= 0.3 is 0 Å². The normalized spacial score (nSPS) is 6.70. The van der Waals surface area contributed by atoms with E-state index in [1.165, 1.54) is 6.92 Å². The molecule has 0 rings (SSSR count). The number of rotatable bonds is 2. The summed E-state index contributed by atoms with van der Waals surface area (Å²) in [6, 6.07) is 0. The summed E-state index contributed by atoms with van der Waals surface area (Å²) in [4.78, 5) is 19.3. The van der Waals surface area contributed by atoms with E-state index < -0.39 is 0 Å². The first-order chi connectivity index (χ1) is 4.68. The van der Waals surface area contributed by atoms with Crippen LogP contribution in [0.25, 0.3) is 0 Å². The van der Waals surface area contributed by atoms with Crippen LogP contribution < -0.4 is 16.2 Å². The summed E-state index contributed by atoms with van der Waals surface area (Å²) < 4.78 is 0. The molecule has 0 saturated heterocycles. The lowest BCUT2D eigenvalue weighted by Crippen LogP contribution is -2.34. The van der Waals surface area contributed by atoms with Crippen LogP contribution in [0.5, 0.6) is 0 Å². The zero-order valence-corrected chi connectivity index (χ0v) is 6.39. The summed E-state index contributed by atoms with van der Waals surface area (Å²) in [5.74, 6) is -0.285. The Kier molecular flexibility index (Phi) is 12.6. The lowest BCUT2D eigenvalue weighted by Gasteiger charge is -1.92. The minimum atomic E-state index is -0.285. The van der Waals surface area contributed by atoms with Gasteiger partial charge in [-0.25, -0.2) is 0 Å². The van der Waals surface area contributed by atoms with E-state index in [-0.39, 0.29) is 5.91 Å². The number of hydrogen-bond donors (Lipinski definition) is 3. The topological polar surface area (TPSA) is 70.2 Å². The van der Waals surface area contributed by atoms with E-state index in [0.717, 1.165) is 0 Å². The van der Waals surface area contributed by atoms with Gasteiger partial charge in [0.05, 0.1) is 0 Å². The number of carbonyl (C=O) groups is 2. The molecule has 3 N–H and O–H groups in total. The maximum atomic E-state index is 9.87. The fraction of sp³-hybridized carbons (Fsp3) is 0.600. The molecule has 2 amide bonds. The van der Waals surface area contributed by atoms with E-state index in [4.69, 9.17) is 0 Å². The highest BCUT2D eigenvalue weighted by atomic mass is 16.2. The molecule has 5 heteroatoms. The second-order valence-corrected chi connectivity index (χ2v) is 1.44. The summed E-state index contributed by atoms with van der Waals surface area (Å²) in [6.45, 7) is 1.30. The van der Waals surface area contributed by atoms with E-state index in [9.17, 15) is 9.59 Å². The first kappa shape index (κ1) is 11.7. The Morgan fingerprint density at radius 1 is 1.40 bits per heavy atom. The highest BCUT2D eigenvalue weighted by Crippen LogP contribution is 1.46. The van der Waals surface area contributed by atoms with Crippen LogP contribution in [0.1, 0.15) is 6.92 Å². The molecule has 0 radical (unpaired) electrons. The largest absolute Gasteiger partial charge is 0.323 e. The number of hydrogen-bond acceptors (Lipinski definition) is 3. The van der Waals surface area contributed by atoms with Crippen LogP contribution in [-0.4, -0.2) is 26.4 Å². The quantitative estimate of drug-likeness (QED) is 0.333. The molecular weight excluding hydrogens is 134 g/mol. The van der Waals surface area contributed by atoms with Gasteiger partial charge in [0, 0.05) is 6.92 Å². The number of nitrogens with one attached hydrogen (secondary N) is 3. The third-order valence-electron chi connectivity index (χ3n) is 0.307. The molecule has 0 aromatic rings. The van der Waals surface area contributed by atoms with Gasteiger partial charge in [0.15, 0.2) is 0 Å². The first-order valence-corrected chi connectivity index (χ1v) is 2.73. The van der Waals surface area contributed by atoms with Crippen LogP contribution >= 0.6 is 0 Å². The van der Waals surface area contributed by atoms with Gasteiger partial charge in [0.25, 0.3) is 0 Å². The summed E-state index contributed by atoms with van der Waals surface area (Å²) in [6.07, 6.45) is 0.390. The summed E-state index contributed by atoms with van der Waals surface area (Å²) >= 11 is 0. The Hall–Kier alpha value is -1.10. The zero-order valence-electron chi connectivity index (χ0n) is 6.39. The van der Waals surface area contributed by atoms with Crippen LogP contribution in [0.4, 0.5) is 0 Å². The van der Waals surface area contributed by atoms with Gasteiger partial charge in [-0.3, -0.25) is 20.4 Å². The third kappa shape index (κ3) is 28.6. The van der Waals surface area contributed by atoms with Gasteiger partial charge in [-0.1, -0.05) is 0 Å². The molecule has 0 aromatic heterocycles. The lowest BCUT2D eigenvalue weighted by molar-refractivity contribution is -0.122. The van der Waals surface area contributed by atoms with Crippen molar-refractivity contribution in [2.24, 2.45) is 0 Å². The minimum Gasteiger partial charge on any atom is -0.323 e. The van der Waals surface area contributed by atoms with Crippen molar-refractivity contribution >= 4 is 12.3 Å². The molecule has 0 spiro atoms.